The predicted molar refractivity (Wildman–Crippen MR) is 120 cm³/mol. The van der Waals surface area contributed by atoms with Gasteiger partial charge in [-0.15, -0.1) is 11.3 Å². The summed E-state index contributed by atoms with van der Waals surface area (Å²) in [5.41, 5.74) is 2.07. The zero-order valence-electron chi connectivity index (χ0n) is 16.7. The molecule has 0 spiro atoms. The van der Waals surface area contributed by atoms with E-state index < -0.39 is 0 Å². The Morgan fingerprint density at radius 3 is 2.41 bits per heavy atom. The summed E-state index contributed by atoms with van der Waals surface area (Å²) in [5, 5.41) is 4.45. The van der Waals surface area contributed by atoms with Gasteiger partial charge in [0.15, 0.2) is 11.5 Å². The van der Waals surface area contributed by atoms with Crippen molar-refractivity contribution in [1.29, 1.82) is 0 Å². The number of nitrogens with zero attached hydrogens (tertiary/aromatic N) is 2. The minimum Gasteiger partial charge on any atom is -0.490 e. The van der Waals surface area contributed by atoms with Gasteiger partial charge in [-0.25, -0.2) is 9.97 Å². The highest BCUT2D eigenvalue weighted by atomic mass is 32.1. The third-order valence-corrected chi connectivity index (χ3v) is 5.45. The van der Waals surface area contributed by atoms with E-state index in [0.717, 1.165) is 39.0 Å². The van der Waals surface area contributed by atoms with Crippen molar-refractivity contribution in [3.05, 3.63) is 60.4 Å². The molecule has 2 heterocycles. The Balaban J connectivity index is 1.72. The molecule has 0 aliphatic carbocycles. The second-order valence-corrected chi connectivity index (χ2v) is 7.50. The van der Waals surface area contributed by atoms with Gasteiger partial charge in [0.2, 0.25) is 0 Å². The summed E-state index contributed by atoms with van der Waals surface area (Å²) in [6.45, 7) is 7.00. The topological polar surface area (TPSA) is 56.3 Å². The first-order valence-electron chi connectivity index (χ1n) is 9.68. The van der Waals surface area contributed by atoms with Gasteiger partial charge in [-0.05, 0) is 44.5 Å². The molecule has 0 unspecified atom stereocenters. The van der Waals surface area contributed by atoms with Gasteiger partial charge in [0.25, 0.3) is 0 Å². The van der Waals surface area contributed by atoms with E-state index in [4.69, 9.17) is 9.47 Å². The smallest absolute Gasteiger partial charge is 0.163 e. The van der Waals surface area contributed by atoms with E-state index in [1.807, 2.05) is 57.2 Å². The van der Waals surface area contributed by atoms with Crippen LogP contribution in [0.15, 0.2) is 54.6 Å². The molecule has 29 heavy (non-hydrogen) atoms. The largest absolute Gasteiger partial charge is 0.490 e. The molecule has 0 amide bonds. The molecule has 0 fully saturated rings. The number of benzene rings is 2. The number of aryl methyl sites for hydroxylation is 1. The van der Waals surface area contributed by atoms with Crippen molar-refractivity contribution < 1.29 is 9.47 Å². The minimum absolute atomic E-state index is 0.575. The molecule has 5 nitrogen and oxygen atoms in total. The lowest BCUT2D eigenvalue weighted by Gasteiger charge is -2.13. The first-order valence-corrected chi connectivity index (χ1v) is 10.5. The third-order valence-electron chi connectivity index (χ3n) is 4.37. The van der Waals surface area contributed by atoms with Crippen LogP contribution in [0.4, 0.5) is 11.5 Å². The number of hydrogen-bond acceptors (Lipinski definition) is 6. The fourth-order valence-corrected chi connectivity index (χ4v) is 4.22. The van der Waals surface area contributed by atoms with Gasteiger partial charge in [-0.3, -0.25) is 0 Å². The van der Waals surface area contributed by atoms with Crippen molar-refractivity contribution in [3.8, 4) is 21.9 Å². The minimum atomic E-state index is 0.575. The molecule has 148 valence electrons. The first-order chi connectivity index (χ1) is 14.2. The van der Waals surface area contributed by atoms with Crippen LogP contribution < -0.4 is 14.8 Å². The average Bonchev–Trinajstić information content (AvgIpc) is 3.15. The summed E-state index contributed by atoms with van der Waals surface area (Å²) < 4.78 is 11.4. The Morgan fingerprint density at radius 1 is 0.897 bits per heavy atom. The Hall–Kier alpha value is -3.12. The van der Waals surface area contributed by atoms with Crippen LogP contribution in [0.5, 0.6) is 11.5 Å². The molecule has 6 heteroatoms. The van der Waals surface area contributed by atoms with E-state index in [0.29, 0.717) is 13.2 Å². The fourth-order valence-electron chi connectivity index (χ4n) is 3.13. The highest BCUT2D eigenvalue weighted by Crippen LogP contribution is 2.37. The van der Waals surface area contributed by atoms with Crippen molar-refractivity contribution >= 4 is 33.1 Å². The standard InChI is InChI=1S/C23H23N3O2S/c1-4-27-19-12-11-17(13-20(19)28-5-2)26-22-18-14-21(16-9-7-6-8-10-16)29-23(18)25-15(3)24-22/h6-14H,4-5H2,1-3H3,(H,24,25,26). The van der Waals surface area contributed by atoms with Crippen LogP contribution in [-0.4, -0.2) is 23.2 Å². The zero-order valence-corrected chi connectivity index (χ0v) is 17.5. The number of anilines is 2. The SMILES string of the molecule is CCOc1ccc(Nc2nc(C)nc3sc(-c4ccccc4)cc23)cc1OCC. The van der Waals surface area contributed by atoms with Crippen molar-refractivity contribution in [3.63, 3.8) is 0 Å². The number of fused-ring (bicyclic) bond motifs is 1. The molecular formula is C23H23N3O2S. The molecule has 4 rings (SSSR count). The number of rotatable bonds is 7. The number of hydrogen-bond donors (Lipinski definition) is 1. The lowest BCUT2D eigenvalue weighted by molar-refractivity contribution is 0.288. The van der Waals surface area contributed by atoms with Gasteiger partial charge < -0.3 is 14.8 Å². The maximum absolute atomic E-state index is 5.75. The lowest BCUT2D eigenvalue weighted by atomic mass is 10.2. The van der Waals surface area contributed by atoms with Crippen LogP contribution in [0.25, 0.3) is 20.7 Å². The number of ether oxygens (including phenoxy) is 2. The van der Waals surface area contributed by atoms with Crippen LogP contribution in [-0.2, 0) is 0 Å². The van der Waals surface area contributed by atoms with Crippen LogP contribution in [0.2, 0.25) is 0 Å². The molecule has 0 radical (unpaired) electrons. The van der Waals surface area contributed by atoms with E-state index in [1.54, 1.807) is 11.3 Å². The molecule has 0 atom stereocenters. The maximum atomic E-state index is 5.75. The molecule has 0 saturated heterocycles. The Morgan fingerprint density at radius 2 is 1.66 bits per heavy atom. The van der Waals surface area contributed by atoms with Crippen LogP contribution >= 0.6 is 11.3 Å². The van der Waals surface area contributed by atoms with E-state index in [9.17, 15) is 0 Å². The van der Waals surface area contributed by atoms with Gasteiger partial charge in [-0.1, -0.05) is 30.3 Å². The zero-order chi connectivity index (χ0) is 20.2. The molecular weight excluding hydrogens is 382 g/mol. The van der Waals surface area contributed by atoms with E-state index >= 15 is 0 Å². The third kappa shape index (κ3) is 4.17. The number of aromatic nitrogens is 2. The summed E-state index contributed by atoms with van der Waals surface area (Å²) >= 11 is 1.67. The second-order valence-electron chi connectivity index (χ2n) is 6.47. The van der Waals surface area contributed by atoms with Gasteiger partial charge in [-0.2, -0.15) is 0 Å². The summed E-state index contributed by atoms with van der Waals surface area (Å²) in [6, 6.07) is 18.3. The Labute approximate surface area is 174 Å². The van der Waals surface area contributed by atoms with Gasteiger partial charge in [0.05, 0.1) is 18.6 Å². The van der Waals surface area contributed by atoms with Crippen molar-refractivity contribution in [1.82, 2.24) is 9.97 Å². The second kappa shape index (κ2) is 8.49. The van der Waals surface area contributed by atoms with Crippen molar-refractivity contribution in [2.45, 2.75) is 20.8 Å². The molecule has 0 bridgehead atoms. The van der Waals surface area contributed by atoms with E-state index in [1.165, 1.54) is 10.4 Å². The Bertz CT molecular complexity index is 1130. The van der Waals surface area contributed by atoms with Crippen LogP contribution in [0.1, 0.15) is 19.7 Å². The quantitative estimate of drug-likeness (QED) is 0.396. The molecule has 1 N–H and O–H groups in total. The summed E-state index contributed by atoms with van der Waals surface area (Å²) in [5.74, 6) is 2.98. The maximum Gasteiger partial charge on any atom is 0.163 e. The molecule has 0 aliphatic rings. The lowest BCUT2D eigenvalue weighted by Crippen LogP contribution is -2.01. The summed E-state index contributed by atoms with van der Waals surface area (Å²) in [6.07, 6.45) is 0. The van der Waals surface area contributed by atoms with Gasteiger partial charge in [0, 0.05) is 16.6 Å². The highest BCUT2D eigenvalue weighted by molar-refractivity contribution is 7.21. The normalized spacial score (nSPS) is 10.9. The molecule has 2 aromatic heterocycles. The predicted octanol–water partition coefficient (Wildman–Crippen LogP) is 6.21. The highest BCUT2D eigenvalue weighted by Gasteiger charge is 2.13. The number of thiophene rings is 1. The van der Waals surface area contributed by atoms with Crippen LogP contribution in [0.3, 0.4) is 0 Å². The fraction of sp³-hybridized carbons (Fsp3) is 0.217. The molecule has 2 aromatic carbocycles. The Kier molecular flexibility index (Phi) is 5.62. The molecule has 4 aromatic rings. The van der Waals surface area contributed by atoms with Crippen molar-refractivity contribution in [2.24, 2.45) is 0 Å². The number of nitrogens with one attached hydrogen (secondary N) is 1. The van der Waals surface area contributed by atoms with E-state index in [-0.39, 0.29) is 0 Å². The molecule has 0 aliphatic heterocycles. The van der Waals surface area contributed by atoms with Crippen LogP contribution in [0, 0.1) is 6.92 Å². The van der Waals surface area contributed by atoms with Crippen molar-refractivity contribution in [2.75, 3.05) is 18.5 Å². The van der Waals surface area contributed by atoms with Gasteiger partial charge >= 0.3 is 0 Å². The first kappa shape index (κ1) is 19.2. The monoisotopic (exact) mass is 405 g/mol. The van der Waals surface area contributed by atoms with Gasteiger partial charge in [0.1, 0.15) is 16.5 Å². The van der Waals surface area contributed by atoms with E-state index in [2.05, 4.69) is 33.5 Å². The summed E-state index contributed by atoms with van der Waals surface area (Å²) in [7, 11) is 0. The molecule has 0 saturated carbocycles. The summed E-state index contributed by atoms with van der Waals surface area (Å²) in [4.78, 5) is 11.4. The average molecular weight is 406 g/mol.